The van der Waals surface area contributed by atoms with Gasteiger partial charge < -0.3 is 4.74 Å². The standard InChI is InChI=1S/C12H10Cl2O/c13-7-8-15-12-6-5-11(14)9-3-1-2-4-10(9)12/h1-6H,7-8H2. The zero-order valence-electron chi connectivity index (χ0n) is 8.04. The summed E-state index contributed by atoms with van der Waals surface area (Å²) >= 11 is 11.7. The van der Waals surface area contributed by atoms with Crippen molar-refractivity contribution in [1.29, 1.82) is 0 Å². The Hall–Kier alpha value is -0.920. The van der Waals surface area contributed by atoms with E-state index in [2.05, 4.69) is 0 Å². The normalized spacial score (nSPS) is 10.5. The lowest BCUT2D eigenvalue weighted by Gasteiger charge is -2.08. The van der Waals surface area contributed by atoms with Crippen molar-refractivity contribution in [1.82, 2.24) is 0 Å². The second-order valence-electron chi connectivity index (χ2n) is 3.13. The lowest BCUT2D eigenvalue weighted by atomic mass is 10.1. The van der Waals surface area contributed by atoms with Crippen molar-refractivity contribution in [2.45, 2.75) is 0 Å². The molecule has 0 saturated heterocycles. The van der Waals surface area contributed by atoms with Crippen LogP contribution < -0.4 is 4.74 Å². The van der Waals surface area contributed by atoms with Crippen LogP contribution in [0.5, 0.6) is 5.75 Å². The third kappa shape index (κ3) is 2.19. The maximum atomic E-state index is 6.08. The van der Waals surface area contributed by atoms with Gasteiger partial charge in [-0.15, -0.1) is 11.6 Å². The number of fused-ring (bicyclic) bond motifs is 1. The van der Waals surface area contributed by atoms with E-state index in [0.717, 1.165) is 21.5 Å². The lowest BCUT2D eigenvalue weighted by molar-refractivity contribution is 0.347. The molecule has 0 saturated carbocycles. The Balaban J connectivity index is 2.51. The minimum Gasteiger partial charge on any atom is -0.492 e. The highest BCUT2D eigenvalue weighted by Gasteiger charge is 2.04. The van der Waals surface area contributed by atoms with E-state index in [0.29, 0.717) is 12.5 Å². The van der Waals surface area contributed by atoms with Gasteiger partial charge in [0.15, 0.2) is 0 Å². The number of rotatable bonds is 3. The molecule has 3 heteroatoms. The van der Waals surface area contributed by atoms with Gasteiger partial charge in [0.25, 0.3) is 0 Å². The predicted octanol–water partition coefficient (Wildman–Crippen LogP) is 4.11. The van der Waals surface area contributed by atoms with Crippen molar-refractivity contribution in [2.75, 3.05) is 12.5 Å². The summed E-state index contributed by atoms with van der Waals surface area (Å²) in [5.41, 5.74) is 0. The van der Waals surface area contributed by atoms with Crippen LogP contribution in [0, 0.1) is 0 Å². The molecule has 0 aliphatic carbocycles. The average molecular weight is 241 g/mol. The predicted molar refractivity (Wildman–Crippen MR) is 65.2 cm³/mol. The maximum Gasteiger partial charge on any atom is 0.127 e. The van der Waals surface area contributed by atoms with Crippen LogP contribution in [0.2, 0.25) is 5.02 Å². The van der Waals surface area contributed by atoms with Gasteiger partial charge in [0.05, 0.1) is 5.88 Å². The molecule has 78 valence electrons. The summed E-state index contributed by atoms with van der Waals surface area (Å²) < 4.78 is 5.53. The minimum atomic E-state index is 0.483. The molecule has 0 radical (unpaired) electrons. The zero-order valence-corrected chi connectivity index (χ0v) is 9.55. The molecule has 0 bridgehead atoms. The molecule has 2 rings (SSSR count). The van der Waals surface area contributed by atoms with Gasteiger partial charge >= 0.3 is 0 Å². The van der Waals surface area contributed by atoms with Crippen LogP contribution >= 0.6 is 23.2 Å². The molecule has 1 nitrogen and oxygen atoms in total. The lowest BCUT2D eigenvalue weighted by Crippen LogP contribution is -1.98. The van der Waals surface area contributed by atoms with E-state index in [1.54, 1.807) is 0 Å². The first-order valence-electron chi connectivity index (χ1n) is 4.69. The Bertz CT molecular complexity index is 468. The molecule has 0 fully saturated rings. The second-order valence-corrected chi connectivity index (χ2v) is 3.91. The number of alkyl halides is 1. The van der Waals surface area contributed by atoms with Crippen LogP contribution in [0.1, 0.15) is 0 Å². The van der Waals surface area contributed by atoms with Crippen molar-refractivity contribution in [2.24, 2.45) is 0 Å². The van der Waals surface area contributed by atoms with Crippen molar-refractivity contribution in [3.05, 3.63) is 41.4 Å². The Kier molecular flexibility index (Phi) is 3.34. The van der Waals surface area contributed by atoms with Crippen molar-refractivity contribution < 1.29 is 4.74 Å². The van der Waals surface area contributed by atoms with E-state index in [1.165, 1.54) is 0 Å². The second kappa shape index (κ2) is 4.73. The molecule has 0 spiro atoms. The molecule has 0 atom stereocenters. The summed E-state index contributed by atoms with van der Waals surface area (Å²) in [6.07, 6.45) is 0. The van der Waals surface area contributed by atoms with E-state index < -0.39 is 0 Å². The van der Waals surface area contributed by atoms with Crippen LogP contribution in [-0.4, -0.2) is 12.5 Å². The Labute approximate surface area is 98.6 Å². The zero-order chi connectivity index (χ0) is 10.7. The first-order valence-corrected chi connectivity index (χ1v) is 5.60. The van der Waals surface area contributed by atoms with Gasteiger partial charge in [0.2, 0.25) is 0 Å². The van der Waals surface area contributed by atoms with E-state index in [4.69, 9.17) is 27.9 Å². The van der Waals surface area contributed by atoms with Crippen LogP contribution in [0.4, 0.5) is 0 Å². The third-order valence-electron chi connectivity index (χ3n) is 2.17. The fourth-order valence-electron chi connectivity index (χ4n) is 1.51. The molecule has 2 aromatic rings. The van der Waals surface area contributed by atoms with E-state index in [-0.39, 0.29) is 0 Å². The first-order chi connectivity index (χ1) is 7.33. The van der Waals surface area contributed by atoms with E-state index >= 15 is 0 Å². The highest BCUT2D eigenvalue weighted by atomic mass is 35.5. The quantitative estimate of drug-likeness (QED) is 0.734. The van der Waals surface area contributed by atoms with Crippen LogP contribution in [0.15, 0.2) is 36.4 Å². The van der Waals surface area contributed by atoms with Gasteiger partial charge in [-0.3, -0.25) is 0 Å². The van der Waals surface area contributed by atoms with Gasteiger partial charge in [-0.25, -0.2) is 0 Å². The smallest absolute Gasteiger partial charge is 0.127 e. The highest BCUT2D eigenvalue weighted by Crippen LogP contribution is 2.31. The number of hydrogen-bond donors (Lipinski definition) is 0. The molecule has 0 aliphatic rings. The molecule has 0 aliphatic heterocycles. The summed E-state index contributed by atoms with van der Waals surface area (Å²) in [5.74, 6) is 1.31. The molecular formula is C12H10Cl2O. The van der Waals surface area contributed by atoms with Crippen LogP contribution in [0.3, 0.4) is 0 Å². The van der Waals surface area contributed by atoms with Gasteiger partial charge in [-0.2, -0.15) is 0 Å². The van der Waals surface area contributed by atoms with Gasteiger partial charge in [0, 0.05) is 15.8 Å². The number of hydrogen-bond acceptors (Lipinski definition) is 1. The van der Waals surface area contributed by atoms with Crippen molar-refractivity contribution in [3.8, 4) is 5.75 Å². The fraction of sp³-hybridized carbons (Fsp3) is 0.167. The molecule has 0 heterocycles. The topological polar surface area (TPSA) is 9.23 Å². The summed E-state index contributed by atoms with van der Waals surface area (Å²) in [6.45, 7) is 0.507. The minimum absolute atomic E-state index is 0.483. The number of benzene rings is 2. The van der Waals surface area contributed by atoms with Crippen LogP contribution in [-0.2, 0) is 0 Å². The molecule has 2 aromatic carbocycles. The summed E-state index contributed by atoms with van der Waals surface area (Å²) in [7, 11) is 0. The fourth-order valence-corrected chi connectivity index (χ4v) is 1.81. The average Bonchev–Trinajstić information content (AvgIpc) is 2.29. The van der Waals surface area contributed by atoms with Gasteiger partial charge in [-0.05, 0) is 12.1 Å². The monoisotopic (exact) mass is 240 g/mol. The Morgan fingerprint density at radius 1 is 1.00 bits per heavy atom. The Morgan fingerprint density at radius 2 is 1.73 bits per heavy atom. The number of halogens is 2. The SMILES string of the molecule is ClCCOc1ccc(Cl)c2ccccc12. The summed E-state index contributed by atoms with van der Waals surface area (Å²) in [4.78, 5) is 0. The van der Waals surface area contributed by atoms with Crippen molar-refractivity contribution >= 4 is 34.0 Å². The highest BCUT2D eigenvalue weighted by molar-refractivity contribution is 6.35. The first kappa shape index (κ1) is 10.6. The molecule has 0 unspecified atom stereocenters. The van der Waals surface area contributed by atoms with E-state index in [1.807, 2.05) is 36.4 Å². The molecule has 15 heavy (non-hydrogen) atoms. The summed E-state index contributed by atoms with van der Waals surface area (Å²) in [6, 6.07) is 11.6. The van der Waals surface area contributed by atoms with Gasteiger partial charge in [0.1, 0.15) is 12.4 Å². The van der Waals surface area contributed by atoms with Gasteiger partial charge in [-0.1, -0.05) is 35.9 Å². The molecule has 0 amide bonds. The Morgan fingerprint density at radius 3 is 2.47 bits per heavy atom. The van der Waals surface area contributed by atoms with Crippen molar-refractivity contribution in [3.63, 3.8) is 0 Å². The largest absolute Gasteiger partial charge is 0.492 e. The number of ether oxygens (including phenoxy) is 1. The summed E-state index contributed by atoms with van der Waals surface area (Å²) in [5, 5.41) is 2.77. The van der Waals surface area contributed by atoms with E-state index in [9.17, 15) is 0 Å². The maximum absolute atomic E-state index is 6.08. The molecule has 0 aromatic heterocycles. The molecular weight excluding hydrogens is 231 g/mol. The molecule has 0 N–H and O–H groups in total. The third-order valence-corrected chi connectivity index (χ3v) is 2.65. The van der Waals surface area contributed by atoms with Crippen LogP contribution in [0.25, 0.3) is 10.8 Å².